The first-order chi connectivity index (χ1) is 10.1. The van der Waals surface area contributed by atoms with Crippen molar-refractivity contribution >= 4 is 22.7 Å². The van der Waals surface area contributed by atoms with Crippen LogP contribution in [0.4, 0.5) is 11.6 Å². The molecule has 0 aliphatic heterocycles. The minimum atomic E-state index is -0.449. The zero-order valence-corrected chi connectivity index (χ0v) is 10.9. The zero-order chi connectivity index (χ0) is 14.8. The lowest BCUT2D eigenvalue weighted by Crippen LogP contribution is -2.00. The lowest BCUT2D eigenvalue weighted by molar-refractivity contribution is -0.384. The van der Waals surface area contributed by atoms with Crippen molar-refractivity contribution < 1.29 is 10.0 Å². The van der Waals surface area contributed by atoms with Crippen molar-refractivity contribution in [3.05, 3.63) is 58.1 Å². The average Bonchev–Trinajstić information content (AvgIpc) is 2.88. The highest BCUT2D eigenvalue weighted by molar-refractivity contribution is 5.79. The maximum Gasteiger partial charge on any atom is 0.271 e. The Balaban J connectivity index is 1.82. The lowest BCUT2D eigenvalue weighted by Gasteiger charge is -2.04. The predicted molar refractivity (Wildman–Crippen MR) is 78.2 cm³/mol. The molecule has 2 aromatic carbocycles. The SMILES string of the molecule is O=[N+]([O-])c1ccc2nc(NCc3ccccc3O)[nH]c2c1. The van der Waals surface area contributed by atoms with Crippen LogP contribution in [0.5, 0.6) is 5.75 Å². The summed E-state index contributed by atoms with van der Waals surface area (Å²) in [4.78, 5) is 17.5. The first-order valence-corrected chi connectivity index (χ1v) is 6.28. The van der Waals surface area contributed by atoms with E-state index in [1.165, 1.54) is 12.1 Å². The summed E-state index contributed by atoms with van der Waals surface area (Å²) in [6, 6.07) is 11.4. The van der Waals surface area contributed by atoms with Crippen LogP contribution in [0.1, 0.15) is 5.56 Å². The molecule has 0 saturated heterocycles. The third-order valence-electron chi connectivity index (χ3n) is 3.11. The Bertz CT molecular complexity index is 813. The van der Waals surface area contributed by atoms with Crippen LogP contribution < -0.4 is 5.32 Å². The molecule has 0 saturated carbocycles. The van der Waals surface area contributed by atoms with Gasteiger partial charge < -0.3 is 15.4 Å². The topological polar surface area (TPSA) is 104 Å². The molecule has 1 heterocycles. The number of imidazole rings is 1. The van der Waals surface area contributed by atoms with Crippen LogP contribution >= 0.6 is 0 Å². The van der Waals surface area contributed by atoms with Gasteiger partial charge in [-0.15, -0.1) is 0 Å². The summed E-state index contributed by atoms with van der Waals surface area (Å²) >= 11 is 0. The third kappa shape index (κ3) is 2.62. The number of nitrogens with one attached hydrogen (secondary N) is 2. The van der Waals surface area contributed by atoms with Crippen molar-refractivity contribution in [3.63, 3.8) is 0 Å². The molecule has 0 spiro atoms. The number of nitro groups is 1. The van der Waals surface area contributed by atoms with E-state index in [-0.39, 0.29) is 11.4 Å². The van der Waals surface area contributed by atoms with Gasteiger partial charge in [-0.1, -0.05) is 18.2 Å². The van der Waals surface area contributed by atoms with E-state index in [1.807, 2.05) is 6.07 Å². The van der Waals surface area contributed by atoms with Crippen LogP contribution in [0, 0.1) is 10.1 Å². The summed E-state index contributed by atoms with van der Waals surface area (Å²) in [6.45, 7) is 0.397. The average molecular weight is 284 g/mol. The van der Waals surface area contributed by atoms with Gasteiger partial charge in [0.05, 0.1) is 16.0 Å². The second-order valence-electron chi connectivity index (χ2n) is 4.53. The van der Waals surface area contributed by atoms with Crippen LogP contribution in [-0.4, -0.2) is 20.0 Å². The van der Waals surface area contributed by atoms with Gasteiger partial charge in [-0.25, -0.2) is 4.98 Å². The van der Waals surface area contributed by atoms with Gasteiger partial charge in [0.2, 0.25) is 5.95 Å². The number of non-ortho nitro benzene ring substituents is 1. The van der Waals surface area contributed by atoms with Crippen LogP contribution in [0.2, 0.25) is 0 Å². The van der Waals surface area contributed by atoms with Gasteiger partial charge in [0.15, 0.2) is 0 Å². The molecule has 7 nitrogen and oxygen atoms in total. The Labute approximate surface area is 119 Å². The normalized spacial score (nSPS) is 10.7. The Kier molecular flexibility index (Phi) is 3.15. The third-order valence-corrected chi connectivity index (χ3v) is 3.11. The second-order valence-corrected chi connectivity index (χ2v) is 4.53. The van der Waals surface area contributed by atoms with E-state index >= 15 is 0 Å². The summed E-state index contributed by atoms with van der Waals surface area (Å²) in [7, 11) is 0. The second kappa shape index (κ2) is 5.12. The fourth-order valence-corrected chi connectivity index (χ4v) is 2.03. The number of nitrogens with zero attached hydrogens (tertiary/aromatic N) is 2. The van der Waals surface area contributed by atoms with Gasteiger partial charge in [0.1, 0.15) is 5.75 Å². The molecule has 0 aliphatic rings. The molecule has 0 amide bonds. The van der Waals surface area contributed by atoms with Gasteiger partial charge in [-0.2, -0.15) is 0 Å². The highest BCUT2D eigenvalue weighted by Crippen LogP contribution is 2.21. The maximum absolute atomic E-state index is 10.7. The minimum Gasteiger partial charge on any atom is -0.508 e. The first kappa shape index (κ1) is 12.9. The molecule has 0 bridgehead atoms. The van der Waals surface area contributed by atoms with Crippen LogP contribution in [0.3, 0.4) is 0 Å². The van der Waals surface area contributed by atoms with E-state index in [2.05, 4.69) is 15.3 Å². The molecule has 3 N–H and O–H groups in total. The number of benzene rings is 2. The summed E-state index contributed by atoms with van der Waals surface area (Å²) in [5.41, 5.74) is 1.98. The monoisotopic (exact) mass is 284 g/mol. The number of fused-ring (bicyclic) bond motifs is 1. The van der Waals surface area contributed by atoms with Crippen molar-refractivity contribution in [2.75, 3.05) is 5.32 Å². The summed E-state index contributed by atoms with van der Waals surface area (Å²) in [6.07, 6.45) is 0. The lowest BCUT2D eigenvalue weighted by atomic mass is 10.2. The number of para-hydroxylation sites is 1. The Morgan fingerprint density at radius 3 is 2.86 bits per heavy atom. The number of aromatic amines is 1. The number of rotatable bonds is 4. The van der Waals surface area contributed by atoms with Gasteiger partial charge in [-0.3, -0.25) is 10.1 Å². The number of nitro benzene ring substituents is 1. The number of anilines is 1. The number of phenols is 1. The van der Waals surface area contributed by atoms with Crippen molar-refractivity contribution in [2.45, 2.75) is 6.54 Å². The van der Waals surface area contributed by atoms with Crippen molar-refractivity contribution in [2.24, 2.45) is 0 Å². The molecule has 0 radical (unpaired) electrons. The molecule has 7 heteroatoms. The molecule has 0 fully saturated rings. The largest absolute Gasteiger partial charge is 0.508 e. The van der Waals surface area contributed by atoms with Crippen molar-refractivity contribution in [3.8, 4) is 5.75 Å². The molecule has 0 unspecified atom stereocenters. The van der Waals surface area contributed by atoms with E-state index in [1.54, 1.807) is 24.3 Å². The Morgan fingerprint density at radius 1 is 1.29 bits per heavy atom. The van der Waals surface area contributed by atoms with Gasteiger partial charge >= 0.3 is 0 Å². The molecule has 106 valence electrons. The maximum atomic E-state index is 10.7. The number of hydrogen-bond donors (Lipinski definition) is 3. The first-order valence-electron chi connectivity index (χ1n) is 6.28. The van der Waals surface area contributed by atoms with E-state index < -0.39 is 4.92 Å². The fraction of sp³-hybridized carbons (Fsp3) is 0.0714. The van der Waals surface area contributed by atoms with Crippen molar-refractivity contribution in [1.82, 2.24) is 9.97 Å². The highest BCUT2D eigenvalue weighted by Gasteiger charge is 2.09. The molecule has 21 heavy (non-hydrogen) atoms. The summed E-state index contributed by atoms with van der Waals surface area (Å²) < 4.78 is 0. The number of aromatic nitrogens is 2. The van der Waals surface area contributed by atoms with E-state index in [0.717, 1.165) is 5.56 Å². The molecule has 0 atom stereocenters. The highest BCUT2D eigenvalue weighted by atomic mass is 16.6. The number of phenolic OH excluding ortho intramolecular Hbond substituents is 1. The number of aromatic hydroxyl groups is 1. The van der Waals surface area contributed by atoms with Crippen LogP contribution in [0.25, 0.3) is 11.0 Å². The molecule has 3 rings (SSSR count). The van der Waals surface area contributed by atoms with E-state index in [4.69, 9.17) is 0 Å². The smallest absolute Gasteiger partial charge is 0.271 e. The van der Waals surface area contributed by atoms with Crippen LogP contribution in [0.15, 0.2) is 42.5 Å². The Morgan fingerprint density at radius 2 is 2.10 bits per heavy atom. The van der Waals surface area contributed by atoms with E-state index in [9.17, 15) is 15.2 Å². The van der Waals surface area contributed by atoms with Gasteiger partial charge in [-0.05, 0) is 12.1 Å². The Hall–Kier alpha value is -3.09. The molecule has 1 aromatic heterocycles. The minimum absolute atomic E-state index is 0.0124. The van der Waals surface area contributed by atoms with Gasteiger partial charge in [0.25, 0.3) is 5.69 Å². The standard InChI is InChI=1S/C14H12N4O3/c19-13-4-2-1-3-9(13)8-15-14-16-11-6-5-10(18(20)21)7-12(11)17-14/h1-7,19H,8H2,(H2,15,16,17). The fourth-order valence-electron chi connectivity index (χ4n) is 2.03. The molecule has 0 aliphatic carbocycles. The predicted octanol–water partition coefficient (Wildman–Crippen LogP) is 2.79. The van der Waals surface area contributed by atoms with Crippen molar-refractivity contribution in [1.29, 1.82) is 0 Å². The summed E-state index contributed by atoms with van der Waals surface area (Å²) in [5, 5.41) is 23.5. The molecule has 3 aromatic rings. The summed E-state index contributed by atoms with van der Waals surface area (Å²) in [5.74, 6) is 0.700. The molecular formula is C14H12N4O3. The number of hydrogen-bond acceptors (Lipinski definition) is 5. The number of H-pyrrole nitrogens is 1. The quantitative estimate of drug-likeness (QED) is 0.504. The zero-order valence-electron chi connectivity index (χ0n) is 10.9. The van der Waals surface area contributed by atoms with Gasteiger partial charge in [0, 0.05) is 24.2 Å². The molecular weight excluding hydrogens is 272 g/mol. The van der Waals surface area contributed by atoms with Crippen LogP contribution in [-0.2, 0) is 6.54 Å². The van der Waals surface area contributed by atoms with E-state index in [0.29, 0.717) is 23.5 Å².